The minimum absolute atomic E-state index is 0.0643. The van der Waals surface area contributed by atoms with E-state index in [-0.39, 0.29) is 6.03 Å². The van der Waals surface area contributed by atoms with Crippen LogP contribution in [-0.4, -0.2) is 53.4 Å². The Morgan fingerprint density at radius 1 is 1.27 bits per heavy atom. The maximum absolute atomic E-state index is 12.0. The number of hydrogen-bond acceptors (Lipinski definition) is 3. The fourth-order valence-corrected chi connectivity index (χ4v) is 4.03. The summed E-state index contributed by atoms with van der Waals surface area (Å²) in [5.41, 5.74) is 2.21. The summed E-state index contributed by atoms with van der Waals surface area (Å²) < 4.78 is 2.01. The number of carbonyl (C=O) groups is 1. The molecule has 6 nitrogen and oxygen atoms in total. The van der Waals surface area contributed by atoms with Gasteiger partial charge in [0, 0.05) is 38.4 Å². The molecule has 2 amide bonds. The Balaban J connectivity index is 1.56. The first kappa shape index (κ1) is 20.7. The Kier molecular flexibility index (Phi) is 7.94. The summed E-state index contributed by atoms with van der Waals surface area (Å²) in [6.07, 6.45) is 2.35. The number of urea groups is 1. The monoisotopic (exact) mass is 363 g/mol. The molecule has 26 heavy (non-hydrogen) atoms. The number of aromatic nitrogens is 2. The third-order valence-electron chi connectivity index (χ3n) is 5.08. The number of nitrogens with one attached hydrogen (secondary N) is 2. The van der Waals surface area contributed by atoms with Gasteiger partial charge in [-0.15, -0.1) is 0 Å². The molecule has 1 aromatic heterocycles. The molecule has 1 saturated heterocycles. The minimum Gasteiger partial charge on any atom is -0.338 e. The van der Waals surface area contributed by atoms with E-state index in [0.29, 0.717) is 12.5 Å². The highest BCUT2D eigenvalue weighted by Crippen LogP contribution is 2.20. The van der Waals surface area contributed by atoms with Gasteiger partial charge in [-0.1, -0.05) is 20.8 Å². The number of carbonyl (C=O) groups excluding carboxylic acids is 1. The Morgan fingerprint density at radius 3 is 2.58 bits per heavy atom. The molecule has 1 aliphatic heterocycles. The van der Waals surface area contributed by atoms with Crippen molar-refractivity contribution in [2.45, 2.75) is 54.0 Å². The number of likely N-dealkylation sites (tertiary alicyclic amines) is 1. The van der Waals surface area contributed by atoms with Crippen molar-refractivity contribution in [3.63, 3.8) is 0 Å². The molecule has 3 atom stereocenters. The number of hydrogen-bond donors (Lipinski definition) is 2. The highest BCUT2D eigenvalue weighted by molar-refractivity contribution is 5.73. The minimum atomic E-state index is -0.0643. The Labute approximate surface area is 158 Å². The summed E-state index contributed by atoms with van der Waals surface area (Å²) in [5, 5.41) is 10.4. The molecule has 1 fully saturated rings. The second kappa shape index (κ2) is 9.95. The summed E-state index contributed by atoms with van der Waals surface area (Å²) in [7, 11) is 0. The lowest BCUT2D eigenvalue weighted by molar-refractivity contribution is 0.139. The molecule has 0 aliphatic carbocycles. The molecule has 0 spiro atoms. The molecule has 0 bridgehead atoms. The van der Waals surface area contributed by atoms with Crippen LogP contribution in [0.3, 0.4) is 0 Å². The maximum atomic E-state index is 12.0. The van der Waals surface area contributed by atoms with Crippen LogP contribution in [0.4, 0.5) is 4.79 Å². The predicted molar refractivity (Wildman–Crippen MR) is 106 cm³/mol. The molecule has 148 valence electrons. The van der Waals surface area contributed by atoms with Crippen LogP contribution in [-0.2, 0) is 6.54 Å². The van der Waals surface area contributed by atoms with E-state index < -0.39 is 0 Å². The second-order valence-electron chi connectivity index (χ2n) is 8.41. The largest absolute Gasteiger partial charge is 0.338 e. The summed E-state index contributed by atoms with van der Waals surface area (Å²) in [4.78, 5) is 14.5. The standard InChI is InChI=1S/C20H37N5O/c1-15-9-16(2)13-24(12-15)8-6-7-21-20(26)22-11-17(3)14-25-19(5)10-18(4)23-25/h10,15-17H,6-9,11-14H2,1-5H3,(H2,21,22,26)/t15-,16-,17-/m1/s1. The lowest BCUT2D eigenvalue weighted by Gasteiger charge is -2.34. The van der Waals surface area contributed by atoms with Crippen molar-refractivity contribution >= 4 is 6.03 Å². The van der Waals surface area contributed by atoms with Gasteiger partial charge >= 0.3 is 6.03 Å². The third kappa shape index (κ3) is 6.98. The number of rotatable bonds is 8. The van der Waals surface area contributed by atoms with Crippen molar-refractivity contribution in [2.75, 3.05) is 32.7 Å². The first-order valence-electron chi connectivity index (χ1n) is 10.1. The maximum Gasteiger partial charge on any atom is 0.314 e. The molecular formula is C20H37N5O. The van der Waals surface area contributed by atoms with E-state index >= 15 is 0 Å². The van der Waals surface area contributed by atoms with Crippen LogP contribution in [0.25, 0.3) is 0 Å². The SMILES string of the molecule is Cc1cc(C)n(C[C@H](C)CNC(=O)NCCCN2C[C@H](C)C[C@@H](C)C2)n1. The summed E-state index contributed by atoms with van der Waals surface area (Å²) in [5.74, 6) is 1.92. The van der Waals surface area contributed by atoms with Crippen LogP contribution in [0.15, 0.2) is 6.07 Å². The van der Waals surface area contributed by atoms with Gasteiger partial charge < -0.3 is 15.5 Å². The predicted octanol–water partition coefficient (Wildman–Crippen LogP) is 2.80. The Hall–Kier alpha value is -1.56. The molecule has 1 aliphatic rings. The van der Waals surface area contributed by atoms with E-state index in [1.165, 1.54) is 25.2 Å². The molecule has 2 rings (SSSR count). The van der Waals surface area contributed by atoms with E-state index in [4.69, 9.17) is 0 Å². The number of aryl methyl sites for hydroxylation is 2. The van der Waals surface area contributed by atoms with Crippen LogP contribution in [0, 0.1) is 31.6 Å². The zero-order valence-electron chi connectivity index (χ0n) is 17.2. The molecule has 0 aromatic carbocycles. The molecule has 2 N–H and O–H groups in total. The first-order valence-corrected chi connectivity index (χ1v) is 10.1. The Morgan fingerprint density at radius 2 is 1.96 bits per heavy atom. The van der Waals surface area contributed by atoms with Gasteiger partial charge in [-0.25, -0.2) is 4.79 Å². The van der Waals surface area contributed by atoms with Crippen molar-refractivity contribution in [2.24, 2.45) is 17.8 Å². The van der Waals surface area contributed by atoms with Gasteiger partial charge in [0.05, 0.1) is 5.69 Å². The van der Waals surface area contributed by atoms with E-state index in [1.807, 2.05) is 11.6 Å². The van der Waals surface area contributed by atoms with Gasteiger partial charge in [-0.3, -0.25) is 4.68 Å². The zero-order valence-corrected chi connectivity index (χ0v) is 17.2. The summed E-state index contributed by atoms with van der Waals surface area (Å²) in [6.45, 7) is 16.6. The van der Waals surface area contributed by atoms with Gasteiger partial charge in [0.25, 0.3) is 0 Å². The molecule has 0 radical (unpaired) electrons. The van der Waals surface area contributed by atoms with Crippen LogP contribution < -0.4 is 10.6 Å². The third-order valence-corrected chi connectivity index (χ3v) is 5.08. The van der Waals surface area contributed by atoms with E-state index in [0.717, 1.165) is 43.6 Å². The van der Waals surface area contributed by atoms with Crippen molar-refractivity contribution in [3.05, 3.63) is 17.5 Å². The summed E-state index contributed by atoms with van der Waals surface area (Å²) in [6, 6.07) is 2.02. The van der Waals surface area contributed by atoms with Crippen molar-refractivity contribution < 1.29 is 4.79 Å². The second-order valence-corrected chi connectivity index (χ2v) is 8.41. The van der Waals surface area contributed by atoms with Crippen molar-refractivity contribution in [3.8, 4) is 0 Å². The molecule has 2 heterocycles. The highest BCUT2D eigenvalue weighted by Gasteiger charge is 2.21. The molecule has 6 heteroatoms. The number of piperidine rings is 1. The average molecular weight is 364 g/mol. The lowest BCUT2D eigenvalue weighted by Crippen LogP contribution is -2.42. The number of amides is 2. The lowest BCUT2D eigenvalue weighted by atomic mass is 9.92. The average Bonchev–Trinajstić information content (AvgIpc) is 2.86. The van der Waals surface area contributed by atoms with Crippen LogP contribution in [0.1, 0.15) is 45.0 Å². The number of nitrogens with zero attached hydrogens (tertiary/aromatic N) is 3. The van der Waals surface area contributed by atoms with Crippen LogP contribution in [0.5, 0.6) is 0 Å². The Bertz CT molecular complexity index is 561. The molecular weight excluding hydrogens is 326 g/mol. The normalized spacial score (nSPS) is 22.2. The fraction of sp³-hybridized carbons (Fsp3) is 0.800. The van der Waals surface area contributed by atoms with Gasteiger partial charge in [0.1, 0.15) is 0 Å². The molecule has 0 saturated carbocycles. The van der Waals surface area contributed by atoms with Gasteiger partial charge in [0.15, 0.2) is 0 Å². The first-order chi connectivity index (χ1) is 12.3. The van der Waals surface area contributed by atoms with E-state index in [2.05, 4.69) is 54.4 Å². The quantitative estimate of drug-likeness (QED) is 0.698. The van der Waals surface area contributed by atoms with E-state index in [1.54, 1.807) is 0 Å². The van der Waals surface area contributed by atoms with Crippen molar-refractivity contribution in [1.29, 1.82) is 0 Å². The van der Waals surface area contributed by atoms with Crippen LogP contribution >= 0.6 is 0 Å². The fourth-order valence-electron chi connectivity index (χ4n) is 4.03. The summed E-state index contributed by atoms with van der Waals surface area (Å²) >= 11 is 0. The highest BCUT2D eigenvalue weighted by atomic mass is 16.2. The zero-order chi connectivity index (χ0) is 19.1. The topological polar surface area (TPSA) is 62.2 Å². The van der Waals surface area contributed by atoms with Gasteiger partial charge in [0.2, 0.25) is 0 Å². The smallest absolute Gasteiger partial charge is 0.314 e. The van der Waals surface area contributed by atoms with E-state index in [9.17, 15) is 4.79 Å². The van der Waals surface area contributed by atoms with Crippen LogP contribution in [0.2, 0.25) is 0 Å². The van der Waals surface area contributed by atoms with Gasteiger partial charge in [-0.05, 0) is 57.1 Å². The van der Waals surface area contributed by atoms with Gasteiger partial charge in [-0.2, -0.15) is 5.10 Å². The molecule has 0 unspecified atom stereocenters. The molecule has 1 aromatic rings. The van der Waals surface area contributed by atoms with Crippen molar-refractivity contribution in [1.82, 2.24) is 25.3 Å².